The fourth-order valence-electron chi connectivity index (χ4n) is 4.02. The maximum atomic E-state index is 9.57. The lowest BCUT2D eigenvalue weighted by Crippen LogP contribution is -2.48. The third-order valence-electron chi connectivity index (χ3n) is 5.93. The van der Waals surface area contributed by atoms with Crippen LogP contribution < -0.4 is 5.46 Å². The summed E-state index contributed by atoms with van der Waals surface area (Å²) in [5.74, 6) is 0. The fraction of sp³-hybridized carbons (Fsp3) is 0.520. The Morgan fingerprint density at radius 1 is 1.13 bits per heavy atom. The summed E-state index contributed by atoms with van der Waals surface area (Å²) in [7, 11) is -0.746. The van der Waals surface area contributed by atoms with E-state index < -0.39 is 7.12 Å². The Morgan fingerprint density at radius 3 is 2.52 bits per heavy atom. The zero-order chi connectivity index (χ0) is 22.5. The largest absolute Gasteiger partial charge is 0.491 e. The average molecular weight is 489 g/mol. The van der Waals surface area contributed by atoms with Crippen LogP contribution in [0.5, 0.6) is 0 Å². The number of hydrogen-bond acceptors (Lipinski definition) is 4. The molecule has 2 aromatic carbocycles. The van der Waals surface area contributed by atoms with E-state index in [9.17, 15) is 5.02 Å². The quantitative estimate of drug-likeness (QED) is 0.618. The summed E-state index contributed by atoms with van der Waals surface area (Å²) >= 11 is 3.61. The minimum Gasteiger partial charge on any atom is -0.423 e. The molecular weight excluding hydrogens is 455 g/mol. The first-order valence-corrected chi connectivity index (χ1v) is 11.9. The number of halogens is 1. The molecule has 0 aromatic heterocycles. The summed E-state index contributed by atoms with van der Waals surface area (Å²) in [6.45, 7) is 10.7. The zero-order valence-electron chi connectivity index (χ0n) is 19.1. The molecule has 1 atom stereocenters. The van der Waals surface area contributed by atoms with Crippen molar-refractivity contribution in [1.29, 1.82) is 0 Å². The Hall–Kier alpha value is -1.18. The third kappa shape index (κ3) is 6.42. The molecule has 0 aliphatic carbocycles. The molecule has 4 nitrogen and oxygen atoms in total. The smallest absolute Gasteiger partial charge is 0.423 e. The molecule has 1 N–H and O–H groups in total. The van der Waals surface area contributed by atoms with E-state index in [4.69, 9.17) is 14.1 Å². The summed E-state index contributed by atoms with van der Waals surface area (Å²) in [6.07, 6.45) is 3.38. The standard InChI is InChI=1S/C15H21BrO2.C10H13BO2/c1-15(2,12-7-3-4-8-13(12)16)11-18-14-9-5-6-10-17-14;1-10(2)7-13-11(12)9-6-4-3-5-8(9)10/h3-4,7-8,14H,5-6,9-11H2,1-2H3;3-6,12H,7H2,1-2H3. The number of benzene rings is 2. The highest BCUT2D eigenvalue weighted by Gasteiger charge is 2.35. The van der Waals surface area contributed by atoms with E-state index in [0.717, 1.165) is 29.4 Å². The van der Waals surface area contributed by atoms with Crippen LogP contribution in [-0.2, 0) is 25.0 Å². The van der Waals surface area contributed by atoms with Gasteiger partial charge in [-0.15, -0.1) is 0 Å². The number of rotatable bonds is 4. The van der Waals surface area contributed by atoms with Gasteiger partial charge < -0.3 is 19.2 Å². The highest BCUT2D eigenvalue weighted by molar-refractivity contribution is 9.10. The highest BCUT2D eigenvalue weighted by atomic mass is 79.9. The molecule has 0 spiro atoms. The fourth-order valence-corrected chi connectivity index (χ4v) is 4.84. The van der Waals surface area contributed by atoms with Crippen LogP contribution >= 0.6 is 15.9 Å². The van der Waals surface area contributed by atoms with Crippen molar-refractivity contribution in [3.63, 3.8) is 0 Å². The lowest BCUT2D eigenvalue weighted by atomic mass is 9.66. The summed E-state index contributed by atoms with van der Waals surface area (Å²) in [5.41, 5.74) is 3.37. The van der Waals surface area contributed by atoms with Gasteiger partial charge in [-0.3, -0.25) is 0 Å². The molecule has 1 saturated heterocycles. The van der Waals surface area contributed by atoms with Crippen molar-refractivity contribution in [2.75, 3.05) is 19.8 Å². The molecule has 0 amide bonds. The van der Waals surface area contributed by atoms with Crippen molar-refractivity contribution in [1.82, 2.24) is 0 Å². The Balaban J connectivity index is 0.000000185. The van der Waals surface area contributed by atoms with Crippen LogP contribution in [0, 0.1) is 0 Å². The normalized spacial score (nSPS) is 20.5. The lowest BCUT2D eigenvalue weighted by molar-refractivity contribution is -0.170. The van der Waals surface area contributed by atoms with E-state index in [1.165, 1.54) is 17.5 Å². The van der Waals surface area contributed by atoms with Crippen LogP contribution in [0.2, 0.25) is 0 Å². The Labute approximate surface area is 195 Å². The first-order chi connectivity index (χ1) is 14.7. The second kappa shape index (κ2) is 10.6. The molecule has 1 fully saturated rings. The maximum absolute atomic E-state index is 9.57. The predicted octanol–water partition coefficient (Wildman–Crippen LogP) is 4.95. The van der Waals surface area contributed by atoms with Gasteiger partial charge in [0.15, 0.2) is 6.29 Å². The van der Waals surface area contributed by atoms with E-state index in [1.807, 2.05) is 24.3 Å². The second-order valence-corrected chi connectivity index (χ2v) is 10.5. The zero-order valence-corrected chi connectivity index (χ0v) is 20.7. The summed E-state index contributed by atoms with van der Waals surface area (Å²) in [6, 6.07) is 16.2. The van der Waals surface area contributed by atoms with Crippen molar-refractivity contribution in [2.45, 2.75) is 64.1 Å². The number of ether oxygens (including phenoxy) is 2. The minimum atomic E-state index is -0.746. The second-order valence-electron chi connectivity index (χ2n) is 9.61. The van der Waals surface area contributed by atoms with E-state index >= 15 is 0 Å². The minimum absolute atomic E-state index is 0.00975. The van der Waals surface area contributed by atoms with Crippen molar-refractivity contribution in [3.05, 3.63) is 64.1 Å². The van der Waals surface area contributed by atoms with Gasteiger partial charge in [0.25, 0.3) is 0 Å². The van der Waals surface area contributed by atoms with Gasteiger partial charge in [-0.1, -0.05) is 86.1 Å². The van der Waals surface area contributed by atoms with Gasteiger partial charge in [0.1, 0.15) is 0 Å². The molecule has 6 heteroatoms. The van der Waals surface area contributed by atoms with Crippen molar-refractivity contribution >= 4 is 28.5 Å². The van der Waals surface area contributed by atoms with Gasteiger partial charge >= 0.3 is 7.12 Å². The van der Waals surface area contributed by atoms with Gasteiger partial charge in [-0.05, 0) is 41.9 Å². The van der Waals surface area contributed by atoms with Crippen LogP contribution in [0.1, 0.15) is 58.1 Å². The van der Waals surface area contributed by atoms with E-state index in [0.29, 0.717) is 13.2 Å². The SMILES string of the molecule is CC(C)(COC1CCCCO1)c1ccccc1Br.CC1(C)COB(O)c2ccccc21. The molecular formula is C25H34BBrO4. The molecule has 4 rings (SSSR count). The van der Waals surface area contributed by atoms with Crippen molar-refractivity contribution < 1.29 is 19.2 Å². The Kier molecular flexibility index (Phi) is 8.39. The molecule has 168 valence electrons. The molecule has 2 heterocycles. The van der Waals surface area contributed by atoms with E-state index in [2.05, 4.69) is 67.9 Å². The Bertz CT molecular complexity index is 849. The summed E-state index contributed by atoms with van der Waals surface area (Å²) in [5, 5.41) is 9.57. The van der Waals surface area contributed by atoms with Gasteiger partial charge in [-0.25, -0.2) is 0 Å². The van der Waals surface area contributed by atoms with Crippen LogP contribution in [0.25, 0.3) is 0 Å². The first-order valence-electron chi connectivity index (χ1n) is 11.1. The summed E-state index contributed by atoms with van der Waals surface area (Å²) < 4.78 is 17.9. The highest BCUT2D eigenvalue weighted by Crippen LogP contribution is 2.31. The van der Waals surface area contributed by atoms with E-state index in [-0.39, 0.29) is 17.1 Å². The molecule has 31 heavy (non-hydrogen) atoms. The van der Waals surface area contributed by atoms with E-state index in [1.54, 1.807) is 0 Å². The third-order valence-corrected chi connectivity index (χ3v) is 6.62. The van der Waals surface area contributed by atoms with Crippen LogP contribution in [-0.4, -0.2) is 38.3 Å². The monoisotopic (exact) mass is 488 g/mol. The molecule has 2 aliphatic heterocycles. The van der Waals surface area contributed by atoms with Crippen molar-refractivity contribution in [3.8, 4) is 0 Å². The number of fused-ring (bicyclic) bond motifs is 1. The summed E-state index contributed by atoms with van der Waals surface area (Å²) in [4.78, 5) is 0. The van der Waals surface area contributed by atoms with Crippen LogP contribution in [0.15, 0.2) is 53.0 Å². The Morgan fingerprint density at radius 2 is 1.84 bits per heavy atom. The van der Waals surface area contributed by atoms with Gasteiger partial charge in [0, 0.05) is 28.5 Å². The predicted molar refractivity (Wildman–Crippen MR) is 130 cm³/mol. The van der Waals surface area contributed by atoms with Gasteiger partial charge in [0.2, 0.25) is 0 Å². The molecule has 1 unspecified atom stereocenters. The van der Waals surface area contributed by atoms with Crippen LogP contribution in [0.4, 0.5) is 0 Å². The molecule has 2 aromatic rings. The molecule has 0 saturated carbocycles. The molecule has 0 radical (unpaired) electrons. The first kappa shape index (κ1) is 24.5. The topological polar surface area (TPSA) is 47.9 Å². The van der Waals surface area contributed by atoms with Gasteiger partial charge in [0.05, 0.1) is 6.61 Å². The van der Waals surface area contributed by atoms with Gasteiger partial charge in [-0.2, -0.15) is 0 Å². The average Bonchev–Trinajstić information content (AvgIpc) is 2.77. The molecule has 2 aliphatic rings. The van der Waals surface area contributed by atoms with Crippen molar-refractivity contribution in [2.24, 2.45) is 0 Å². The molecule has 0 bridgehead atoms. The van der Waals surface area contributed by atoms with Crippen LogP contribution in [0.3, 0.4) is 0 Å². The number of hydrogen-bond donors (Lipinski definition) is 1. The lowest BCUT2D eigenvalue weighted by Gasteiger charge is -2.33. The maximum Gasteiger partial charge on any atom is 0.491 e.